The third-order valence-electron chi connectivity index (χ3n) is 1.99. The van der Waals surface area contributed by atoms with Crippen LogP contribution in [0.5, 0.6) is 0 Å². The van der Waals surface area contributed by atoms with Crippen molar-refractivity contribution in [2.75, 3.05) is 0 Å². The van der Waals surface area contributed by atoms with E-state index in [2.05, 4.69) is 33.4 Å². The fraction of sp³-hybridized carbons (Fsp3) is 0.500. The van der Waals surface area contributed by atoms with Crippen molar-refractivity contribution in [1.29, 1.82) is 0 Å². The smallest absolute Gasteiger partial charge is 0.0308 e. The summed E-state index contributed by atoms with van der Waals surface area (Å²) in [7, 11) is 0. The highest BCUT2D eigenvalue weighted by Crippen LogP contribution is 2.14. The summed E-state index contributed by atoms with van der Waals surface area (Å²) in [5.74, 6) is 0. The van der Waals surface area contributed by atoms with Crippen LogP contribution in [-0.2, 0) is 0 Å². The minimum atomic E-state index is 1.12. The Hall–Kier alpha value is -0.780. The number of rotatable bonds is 5. The van der Waals surface area contributed by atoms with Gasteiger partial charge in [-0.3, -0.25) is 0 Å². The Bertz CT molecular complexity index is 182. The topological polar surface area (TPSA) is 0 Å². The normalized spacial score (nSPS) is 13.2. The highest BCUT2D eigenvalue weighted by atomic mass is 14.0. The van der Waals surface area contributed by atoms with Gasteiger partial charge in [0.15, 0.2) is 0 Å². The molecule has 0 N–H and O–H groups in total. The molecule has 0 aliphatic rings. The summed E-state index contributed by atoms with van der Waals surface area (Å²) in [5, 5.41) is 0. The zero-order valence-corrected chi connectivity index (χ0v) is 8.56. The average Bonchev–Trinajstić information content (AvgIpc) is 2.06. The van der Waals surface area contributed by atoms with Crippen molar-refractivity contribution in [3.63, 3.8) is 0 Å². The van der Waals surface area contributed by atoms with Crippen LogP contribution in [0.2, 0.25) is 0 Å². The van der Waals surface area contributed by atoms with Crippen LogP contribution < -0.4 is 0 Å². The van der Waals surface area contributed by atoms with Gasteiger partial charge in [-0.25, -0.2) is 0 Å². The van der Waals surface area contributed by atoms with Crippen molar-refractivity contribution in [2.45, 2.75) is 40.0 Å². The molecule has 0 saturated heterocycles. The summed E-state index contributed by atoms with van der Waals surface area (Å²) in [6.07, 6.45) is 9.57. The lowest BCUT2D eigenvalue weighted by molar-refractivity contribution is 0.883. The van der Waals surface area contributed by atoms with Crippen molar-refractivity contribution in [3.05, 3.63) is 36.0 Å². The van der Waals surface area contributed by atoms with Gasteiger partial charge in [-0.15, -0.1) is 0 Å². The molecule has 0 atom stereocenters. The molecule has 0 rings (SSSR count). The first-order valence-electron chi connectivity index (χ1n) is 4.73. The SMILES string of the molecule is C=C/C=C\C(CC)=C(/C)CCC. The molecule has 0 amide bonds. The van der Waals surface area contributed by atoms with Gasteiger partial charge >= 0.3 is 0 Å². The van der Waals surface area contributed by atoms with E-state index in [1.165, 1.54) is 24.0 Å². The van der Waals surface area contributed by atoms with Crippen LogP contribution in [0.4, 0.5) is 0 Å². The zero-order chi connectivity index (χ0) is 9.40. The van der Waals surface area contributed by atoms with Gasteiger partial charge in [0.1, 0.15) is 0 Å². The van der Waals surface area contributed by atoms with E-state index in [0.717, 1.165) is 6.42 Å². The third-order valence-corrected chi connectivity index (χ3v) is 1.99. The summed E-state index contributed by atoms with van der Waals surface area (Å²) in [5.41, 5.74) is 2.97. The molecule has 0 heteroatoms. The van der Waals surface area contributed by atoms with Crippen molar-refractivity contribution in [1.82, 2.24) is 0 Å². The van der Waals surface area contributed by atoms with Crippen molar-refractivity contribution >= 4 is 0 Å². The van der Waals surface area contributed by atoms with E-state index in [0.29, 0.717) is 0 Å². The number of hydrogen-bond donors (Lipinski definition) is 0. The lowest BCUT2D eigenvalue weighted by Gasteiger charge is -2.04. The molecule has 0 radical (unpaired) electrons. The van der Waals surface area contributed by atoms with E-state index in [9.17, 15) is 0 Å². The lowest BCUT2D eigenvalue weighted by Crippen LogP contribution is -1.83. The Morgan fingerprint density at radius 3 is 2.42 bits per heavy atom. The van der Waals surface area contributed by atoms with E-state index in [1.807, 2.05) is 12.2 Å². The molecule has 0 bridgehead atoms. The average molecular weight is 164 g/mol. The molecule has 0 heterocycles. The molecule has 68 valence electrons. The maximum atomic E-state index is 3.66. The van der Waals surface area contributed by atoms with Crippen LogP contribution in [0.3, 0.4) is 0 Å². The summed E-state index contributed by atoms with van der Waals surface area (Å²) >= 11 is 0. The lowest BCUT2D eigenvalue weighted by atomic mass is 10.0. The highest BCUT2D eigenvalue weighted by Gasteiger charge is 1.94. The van der Waals surface area contributed by atoms with Gasteiger partial charge < -0.3 is 0 Å². The molecule has 0 saturated carbocycles. The van der Waals surface area contributed by atoms with E-state index in [4.69, 9.17) is 0 Å². The largest absolute Gasteiger partial charge is 0.0991 e. The summed E-state index contributed by atoms with van der Waals surface area (Å²) in [6, 6.07) is 0. The molecule has 0 aromatic rings. The molecule has 12 heavy (non-hydrogen) atoms. The Kier molecular flexibility index (Phi) is 6.45. The predicted molar refractivity (Wildman–Crippen MR) is 57.2 cm³/mol. The molecule has 0 aromatic heterocycles. The van der Waals surface area contributed by atoms with Gasteiger partial charge in [-0.05, 0) is 25.3 Å². The standard InChI is InChI=1S/C12H20/c1-5-8-10-12(7-3)11(4)9-6-2/h5,8,10H,1,6-7,9H2,2-4H3/b10-8-,12-11+. The third kappa shape index (κ3) is 4.17. The van der Waals surface area contributed by atoms with Gasteiger partial charge in [0, 0.05) is 0 Å². The van der Waals surface area contributed by atoms with Crippen molar-refractivity contribution < 1.29 is 0 Å². The first-order chi connectivity index (χ1) is 5.76. The summed E-state index contributed by atoms with van der Waals surface area (Å²) < 4.78 is 0. The predicted octanol–water partition coefficient (Wildman–Crippen LogP) is 4.26. The van der Waals surface area contributed by atoms with E-state index in [1.54, 1.807) is 0 Å². The van der Waals surface area contributed by atoms with Crippen molar-refractivity contribution in [3.8, 4) is 0 Å². The highest BCUT2D eigenvalue weighted by molar-refractivity contribution is 5.26. The van der Waals surface area contributed by atoms with E-state index in [-0.39, 0.29) is 0 Å². The fourth-order valence-corrected chi connectivity index (χ4v) is 1.28. The van der Waals surface area contributed by atoms with Crippen molar-refractivity contribution in [2.24, 2.45) is 0 Å². The van der Waals surface area contributed by atoms with Crippen LogP contribution in [0, 0.1) is 0 Å². The second-order valence-electron chi connectivity index (χ2n) is 3.00. The Morgan fingerprint density at radius 1 is 1.33 bits per heavy atom. The van der Waals surface area contributed by atoms with Crippen LogP contribution >= 0.6 is 0 Å². The second-order valence-corrected chi connectivity index (χ2v) is 3.00. The van der Waals surface area contributed by atoms with E-state index >= 15 is 0 Å². The molecule has 0 nitrogen and oxygen atoms in total. The maximum Gasteiger partial charge on any atom is -0.0308 e. The monoisotopic (exact) mass is 164 g/mol. The van der Waals surface area contributed by atoms with Crippen LogP contribution in [0.1, 0.15) is 40.0 Å². The van der Waals surface area contributed by atoms with Gasteiger partial charge in [-0.1, -0.05) is 50.6 Å². The Labute approximate surface area is 76.7 Å². The first-order valence-corrected chi connectivity index (χ1v) is 4.73. The van der Waals surface area contributed by atoms with Crippen LogP contribution in [-0.4, -0.2) is 0 Å². The Balaban J connectivity index is 4.37. The van der Waals surface area contributed by atoms with Gasteiger partial charge in [0.2, 0.25) is 0 Å². The minimum absolute atomic E-state index is 1.12. The number of allylic oxidation sites excluding steroid dienone is 5. The van der Waals surface area contributed by atoms with E-state index < -0.39 is 0 Å². The molecule has 0 aromatic carbocycles. The fourth-order valence-electron chi connectivity index (χ4n) is 1.28. The number of hydrogen-bond acceptors (Lipinski definition) is 0. The summed E-state index contributed by atoms with van der Waals surface area (Å²) in [6.45, 7) is 10.3. The minimum Gasteiger partial charge on any atom is -0.0991 e. The molecular weight excluding hydrogens is 144 g/mol. The molecular formula is C12H20. The molecule has 0 aliphatic heterocycles. The molecule has 0 unspecified atom stereocenters. The van der Waals surface area contributed by atoms with Gasteiger partial charge in [0.25, 0.3) is 0 Å². The summed E-state index contributed by atoms with van der Waals surface area (Å²) in [4.78, 5) is 0. The zero-order valence-electron chi connectivity index (χ0n) is 8.56. The quantitative estimate of drug-likeness (QED) is 0.533. The van der Waals surface area contributed by atoms with Crippen LogP contribution in [0.15, 0.2) is 36.0 Å². The van der Waals surface area contributed by atoms with Gasteiger partial charge in [0.05, 0.1) is 0 Å². The Morgan fingerprint density at radius 2 is 2.00 bits per heavy atom. The molecule has 0 fully saturated rings. The second kappa shape index (κ2) is 6.90. The van der Waals surface area contributed by atoms with Gasteiger partial charge in [-0.2, -0.15) is 0 Å². The molecule has 0 spiro atoms. The maximum absolute atomic E-state index is 3.66. The van der Waals surface area contributed by atoms with Crippen LogP contribution in [0.25, 0.3) is 0 Å². The first kappa shape index (κ1) is 11.2. The molecule has 0 aliphatic carbocycles.